The van der Waals surface area contributed by atoms with E-state index in [-0.39, 0.29) is 0 Å². The lowest BCUT2D eigenvalue weighted by Crippen LogP contribution is -2.32. The molecule has 0 aromatic carbocycles. The summed E-state index contributed by atoms with van der Waals surface area (Å²) in [7, 11) is 2.05. The van der Waals surface area contributed by atoms with E-state index < -0.39 is 0 Å². The molecule has 0 radical (unpaired) electrons. The Labute approximate surface area is 109 Å². The summed E-state index contributed by atoms with van der Waals surface area (Å²) in [6.07, 6.45) is 7.65. The molecule has 4 heteroatoms. The third kappa shape index (κ3) is 2.98. The van der Waals surface area contributed by atoms with Gasteiger partial charge in [-0.25, -0.2) is 9.97 Å². The van der Waals surface area contributed by atoms with Crippen molar-refractivity contribution in [3.05, 3.63) is 17.5 Å². The van der Waals surface area contributed by atoms with Gasteiger partial charge >= 0.3 is 0 Å². The Morgan fingerprint density at radius 1 is 1.22 bits per heavy atom. The van der Waals surface area contributed by atoms with Gasteiger partial charge in [-0.2, -0.15) is 5.26 Å². The van der Waals surface area contributed by atoms with Gasteiger partial charge in [0.2, 0.25) is 5.95 Å². The maximum absolute atomic E-state index is 8.96. The predicted octanol–water partition coefficient (Wildman–Crippen LogP) is 2.82. The van der Waals surface area contributed by atoms with Crippen LogP contribution in [0.2, 0.25) is 0 Å². The molecule has 1 aromatic heterocycles. The van der Waals surface area contributed by atoms with Gasteiger partial charge in [-0.15, -0.1) is 0 Å². The average Bonchev–Trinajstić information content (AvgIpc) is 2.65. The molecule has 1 fully saturated rings. The molecule has 1 aromatic rings. The van der Waals surface area contributed by atoms with E-state index in [1.807, 2.05) is 14.0 Å². The van der Waals surface area contributed by atoms with Gasteiger partial charge in [-0.3, -0.25) is 0 Å². The van der Waals surface area contributed by atoms with Crippen molar-refractivity contribution in [2.45, 2.75) is 51.5 Å². The van der Waals surface area contributed by atoms with Crippen LogP contribution in [0.15, 0.2) is 6.07 Å². The maximum Gasteiger partial charge on any atom is 0.226 e. The fourth-order valence-corrected chi connectivity index (χ4v) is 2.58. The van der Waals surface area contributed by atoms with E-state index in [0.717, 1.165) is 5.69 Å². The minimum Gasteiger partial charge on any atom is -0.341 e. The van der Waals surface area contributed by atoms with E-state index in [2.05, 4.69) is 20.9 Å². The van der Waals surface area contributed by atoms with E-state index in [1.165, 1.54) is 38.5 Å². The molecule has 1 saturated carbocycles. The highest BCUT2D eigenvalue weighted by Gasteiger charge is 2.19. The Kier molecular flexibility index (Phi) is 4.14. The molecular formula is C14H20N4. The highest BCUT2D eigenvalue weighted by molar-refractivity contribution is 5.36. The van der Waals surface area contributed by atoms with Crippen LogP contribution >= 0.6 is 0 Å². The van der Waals surface area contributed by atoms with Crippen molar-refractivity contribution in [1.82, 2.24) is 9.97 Å². The second-order valence-electron chi connectivity index (χ2n) is 5.06. The van der Waals surface area contributed by atoms with E-state index in [0.29, 0.717) is 17.7 Å². The molecular weight excluding hydrogens is 224 g/mol. The number of aromatic nitrogens is 2. The number of rotatable bonds is 2. The smallest absolute Gasteiger partial charge is 0.226 e. The van der Waals surface area contributed by atoms with Gasteiger partial charge in [0.25, 0.3) is 0 Å². The summed E-state index contributed by atoms with van der Waals surface area (Å²) in [5.74, 6) is 0.693. The highest BCUT2D eigenvalue weighted by Crippen LogP contribution is 2.23. The zero-order valence-corrected chi connectivity index (χ0v) is 11.2. The van der Waals surface area contributed by atoms with Gasteiger partial charge in [0.1, 0.15) is 11.8 Å². The summed E-state index contributed by atoms with van der Waals surface area (Å²) in [6, 6.07) is 4.34. The number of nitriles is 1. The van der Waals surface area contributed by atoms with Gasteiger partial charge in [0.05, 0.1) is 0 Å². The van der Waals surface area contributed by atoms with Gasteiger partial charge < -0.3 is 4.90 Å². The summed E-state index contributed by atoms with van der Waals surface area (Å²) >= 11 is 0. The van der Waals surface area contributed by atoms with Gasteiger partial charge in [0.15, 0.2) is 0 Å². The summed E-state index contributed by atoms with van der Waals surface area (Å²) in [5.41, 5.74) is 1.31. The summed E-state index contributed by atoms with van der Waals surface area (Å²) in [4.78, 5) is 10.9. The lowest BCUT2D eigenvalue weighted by molar-refractivity contribution is 0.544. The second-order valence-corrected chi connectivity index (χ2v) is 5.06. The number of hydrogen-bond donors (Lipinski definition) is 0. The van der Waals surface area contributed by atoms with Gasteiger partial charge in [-0.1, -0.05) is 25.7 Å². The second kappa shape index (κ2) is 5.81. The van der Waals surface area contributed by atoms with Crippen molar-refractivity contribution in [3.63, 3.8) is 0 Å². The van der Waals surface area contributed by atoms with E-state index >= 15 is 0 Å². The SMILES string of the molecule is Cc1cc(C#N)nc(N(C)C2CCCCCC2)n1. The molecule has 0 N–H and O–H groups in total. The molecule has 96 valence electrons. The first kappa shape index (κ1) is 12.8. The molecule has 0 aliphatic heterocycles. The number of hydrogen-bond acceptors (Lipinski definition) is 4. The Morgan fingerprint density at radius 2 is 1.89 bits per heavy atom. The topological polar surface area (TPSA) is 52.8 Å². The lowest BCUT2D eigenvalue weighted by atomic mass is 10.1. The van der Waals surface area contributed by atoms with Crippen LogP contribution in [-0.2, 0) is 0 Å². The first-order valence-corrected chi connectivity index (χ1v) is 6.69. The van der Waals surface area contributed by atoms with Crippen LogP contribution in [-0.4, -0.2) is 23.1 Å². The third-order valence-corrected chi connectivity index (χ3v) is 3.64. The molecule has 18 heavy (non-hydrogen) atoms. The van der Waals surface area contributed by atoms with Crippen LogP contribution in [0.25, 0.3) is 0 Å². The monoisotopic (exact) mass is 244 g/mol. The predicted molar refractivity (Wildman–Crippen MR) is 71.4 cm³/mol. The Balaban J connectivity index is 2.19. The lowest BCUT2D eigenvalue weighted by Gasteiger charge is -2.27. The van der Waals surface area contributed by atoms with Gasteiger partial charge in [-0.05, 0) is 25.8 Å². The molecule has 4 nitrogen and oxygen atoms in total. The fraction of sp³-hybridized carbons (Fsp3) is 0.643. The number of nitrogens with zero attached hydrogens (tertiary/aromatic N) is 4. The molecule has 0 unspecified atom stereocenters. The fourth-order valence-electron chi connectivity index (χ4n) is 2.58. The zero-order valence-electron chi connectivity index (χ0n) is 11.2. The largest absolute Gasteiger partial charge is 0.341 e. The van der Waals surface area contributed by atoms with Crippen molar-refractivity contribution in [1.29, 1.82) is 5.26 Å². The molecule has 0 bridgehead atoms. The molecule has 0 atom stereocenters. The first-order chi connectivity index (χ1) is 8.70. The van der Waals surface area contributed by atoms with E-state index in [1.54, 1.807) is 6.07 Å². The molecule has 2 rings (SSSR count). The van der Waals surface area contributed by atoms with Crippen LogP contribution in [0.4, 0.5) is 5.95 Å². The van der Waals surface area contributed by atoms with E-state index in [4.69, 9.17) is 5.26 Å². The van der Waals surface area contributed by atoms with Crippen LogP contribution in [0.5, 0.6) is 0 Å². The Hall–Kier alpha value is -1.63. The Bertz CT molecular complexity index is 442. The van der Waals surface area contributed by atoms with Crippen molar-refractivity contribution < 1.29 is 0 Å². The standard InChI is InChI=1S/C14H20N4/c1-11-9-12(10-15)17-14(16-11)18(2)13-7-5-3-4-6-8-13/h9,13H,3-8H2,1-2H3. The number of aryl methyl sites for hydroxylation is 1. The van der Waals surface area contributed by atoms with Crippen molar-refractivity contribution in [2.24, 2.45) is 0 Å². The van der Waals surface area contributed by atoms with Crippen LogP contribution in [0.3, 0.4) is 0 Å². The van der Waals surface area contributed by atoms with Crippen LogP contribution in [0.1, 0.15) is 49.9 Å². The molecule has 0 amide bonds. The van der Waals surface area contributed by atoms with E-state index in [9.17, 15) is 0 Å². The molecule has 1 heterocycles. The normalized spacial score (nSPS) is 16.9. The minimum atomic E-state index is 0.456. The molecule has 1 aliphatic carbocycles. The highest BCUT2D eigenvalue weighted by atomic mass is 15.3. The van der Waals surface area contributed by atoms with Crippen LogP contribution < -0.4 is 4.90 Å². The molecule has 0 spiro atoms. The Morgan fingerprint density at radius 3 is 2.50 bits per heavy atom. The first-order valence-electron chi connectivity index (χ1n) is 6.69. The maximum atomic E-state index is 8.96. The van der Waals surface area contributed by atoms with Crippen molar-refractivity contribution in [3.8, 4) is 6.07 Å². The zero-order chi connectivity index (χ0) is 13.0. The average molecular weight is 244 g/mol. The van der Waals surface area contributed by atoms with Crippen molar-refractivity contribution >= 4 is 5.95 Å². The number of anilines is 1. The van der Waals surface area contributed by atoms with Crippen molar-refractivity contribution in [2.75, 3.05) is 11.9 Å². The van der Waals surface area contributed by atoms with Crippen LogP contribution in [0, 0.1) is 18.3 Å². The van der Waals surface area contributed by atoms with Gasteiger partial charge in [0, 0.05) is 18.8 Å². The quantitative estimate of drug-likeness (QED) is 0.751. The summed E-state index contributed by atoms with van der Waals surface area (Å²) in [6.45, 7) is 1.91. The molecule has 0 saturated heterocycles. The summed E-state index contributed by atoms with van der Waals surface area (Å²) in [5, 5.41) is 8.96. The minimum absolute atomic E-state index is 0.456. The molecule has 1 aliphatic rings. The third-order valence-electron chi connectivity index (χ3n) is 3.64. The summed E-state index contributed by atoms with van der Waals surface area (Å²) < 4.78 is 0.